The van der Waals surface area contributed by atoms with Gasteiger partial charge in [-0.15, -0.1) is 0 Å². The van der Waals surface area contributed by atoms with Gasteiger partial charge in [-0.1, -0.05) is 6.42 Å². The largest absolute Gasteiger partial charge is 0.337 e. The summed E-state index contributed by atoms with van der Waals surface area (Å²) in [4.78, 5) is 24.7. The van der Waals surface area contributed by atoms with Gasteiger partial charge in [0.25, 0.3) is 5.91 Å². The lowest BCUT2D eigenvalue weighted by Crippen LogP contribution is -2.40. The molecule has 148 valence electrons. The monoisotopic (exact) mass is 380 g/mol. The number of rotatable bonds is 2. The van der Waals surface area contributed by atoms with Gasteiger partial charge in [0, 0.05) is 67.2 Å². The Morgan fingerprint density at radius 3 is 3.04 bits per heavy atom. The minimum atomic E-state index is 0.0752. The van der Waals surface area contributed by atoms with Gasteiger partial charge >= 0.3 is 0 Å². The van der Waals surface area contributed by atoms with Gasteiger partial charge in [0.15, 0.2) is 5.69 Å². The number of carbonyl (C=O) groups excluding carboxylic acids is 1. The number of H-pyrrole nitrogens is 1. The highest BCUT2D eigenvalue weighted by Gasteiger charge is 2.31. The third kappa shape index (κ3) is 3.32. The van der Waals surface area contributed by atoms with Crippen molar-refractivity contribution in [3.8, 4) is 0 Å². The summed E-state index contributed by atoms with van der Waals surface area (Å²) in [5.74, 6) is 1.20. The number of likely N-dealkylation sites (tertiary alicyclic amines) is 1. The molecule has 7 nitrogen and oxygen atoms in total. The number of hydrogen-bond acceptors (Lipinski definition) is 5. The summed E-state index contributed by atoms with van der Waals surface area (Å²) in [6.07, 6.45) is 10.5. The van der Waals surface area contributed by atoms with Crippen molar-refractivity contribution in [2.45, 2.75) is 63.8 Å². The first-order valence-electron chi connectivity index (χ1n) is 10.7. The number of aryl methyl sites for hydroxylation is 1. The van der Waals surface area contributed by atoms with Crippen molar-refractivity contribution in [3.05, 3.63) is 40.2 Å². The van der Waals surface area contributed by atoms with Crippen molar-refractivity contribution in [1.82, 2.24) is 30.4 Å². The van der Waals surface area contributed by atoms with Gasteiger partial charge in [0.1, 0.15) is 5.82 Å². The van der Waals surface area contributed by atoms with Gasteiger partial charge in [-0.3, -0.25) is 9.89 Å². The zero-order chi connectivity index (χ0) is 18.9. The Balaban J connectivity index is 1.34. The predicted octanol–water partition coefficient (Wildman–Crippen LogP) is 2.13. The van der Waals surface area contributed by atoms with Crippen LogP contribution in [0.4, 0.5) is 0 Å². The van der Waals surface area contributed by atoms with E-state index >= 15 is 0 Å². The third-order valence-corrected chi connectivity index (χ3v) is 6.41. The smallest absolute Gasteiger partial charge is 0.274 e. The van der Waals surface area contributed by atoms with Crippen LogP contribution >= 0.6 is 0 Å². The molecule has 1 aliphatic carbocycles. The van der Waals surface area contributed by atoms with Gasteiger partial charge in [-0.25, -0.2) is 9.97 Å². The van der Waals surface area contributed by atoms with Gasteiger partial charge < -0.3 is 10.2 Å². The second-order valence-electron chi connectivity index (χ2n) is 8.31. The first kappa shape index (κ1) is 17.8. The Morgan fingerprint density at radius 1 is 1.14 bits per heavy atom. The molecular weight excluding hydrogens is 352 g/mol. The summed E-state index contributed by atoms with van der Waals surface area (Å²) in [7, 11) is 0. The number of carbonyl (C=O) groups is 1. The van der Waals surface area contributed by atoms with Gasteiger partial charge in [0.05, 0.1) is 0 Å². The third-order valence-electron chi connectivity index (χ3n) is 6.41. The molecule has 5 rings (SSSR count). The normalized spacial score (nSPS) is 22.3. The molecule has 1 fully saturated rings. The summed E-state index contributed by atoms with van der Waals surface area (Å²) < 4.78 is 0. The second kappa shape index (κ2) is 7.62. The van der Waals surface area contributed by atoms with Crippen molar-refractivity contribution in [1.29, 1.82) is 0 Å². The maximum Gasteiger partial charge on any atom is 0.274 e. The minimum absolute atomic E-state index is 0.0752. The van der Waals surface area contributed by atoms with Crippen LogP contribution in [0.15, 0.2) is 6.20 Å². The summed E-state index contributed by atoms with van der Waals surface area (Å²) in [5, 5.41) is 10.9. The molecule has 1 unspecified atom stereocenters. The van der Waals surface area contributed by atoms with Crippen LogP contribution in [0.1, 0.15) is 76.8 Å². The van der Waals surface area contributed by atoms with E-state index in [1.165, 1.54) is 29.8 Å². The second-order valence-corrected chi connectivity index (χ2v) is 8.31. The van der Waals surface area contributed by atoms with Crippen LogP contribution in [-0.2, 0) is 25.8 Å². The Morgan fingerprint density at radius 2 is 2.07 bits per heavy atom. The number of aromatic amines is 1. The lowest BCUT2D eigenvalue weighted by Gasteiger charge is -2.32. The summed E-state index contributed by atoms with van der Waals surface area (Å²) in [6.45, 7) is 3.32. The number of aromatic nitrogens is 4. The van der Waals surface area contributed by atoms with Crippen molar-refractivity contribution in [2.75, 3.05) is 19.6 Å². The SMILES string of the molecule is O=C(c1n[nH]c2c1CCCCC2)N1CCCC(c2ncc3c(n2)CCNC3)C1. The van der Waals surface area contributed by atoms with E-state index in [1.807, 2.05) is 11.1 Å². The maximum absolute atomic E-state index is 13.2. The molecule has 0 bridgehead atoms. The van der Waals surface area contributed by atoms with Crippen LogP contribution in [0.2, 0.25) is 0 Å². The molecule has 0 aromatic carbocycles. The highest BCUT2D eigenvalue weighted by atomic mass is 16.2. The first-order valence-corrected chi connectivity index (χ1v) is 10.7. The Kier molecular flexibility index (Phi) is 4.84. The van der Waals surface area contributed by atoms with E-state index in [2.05, 4.69) is 20.5 Å². The molecule has 2 aromatic heterocycles. The molecular formula is C21H28N6O. The number of nitrogens with one attached hydrogen (secondary N) is 2. The van der Waals surface area contributed by atoms with Crippen LogP contribution in [0.25, 0.3) is 0 Å². The Hall–Kier alpha value is -2.28. The Bertz CT molecular complexity index is 876. The highest BCUT2D eigenvalue weighted by Crippen LogP contribution is 2.28. The van der Waals surface area contributed by atoms with Crippen molar-refractivity contribution in [3.63, 3.8) is 0 Å². The fourth-order valence-corrected chi connectivity index (χ4v) is 4.80. The summed E-state index contributed by atoms with van der Waals surface area (Å²) in [6, 6.07) is 0. The predicted molar refractivity (Wildman–Crippen MR) is 105 cm³/mol. The molecule has 4 heterocycles. The molecule has 2 N–H and O–H groups in total. The minimum Gasteiger partial charge on any atom is -0.337 e. The summed E-state index contributed by atoms with van der Waals surface area (Å²) in [5.41, 5.74) is 5.35. The number of fused-ring (bicyclic) bond motifs is 2. The van der Waals surface area contributed by atoms with Gasteiger partial charge in [-0.2, -0.15) is 5.10 Å². The molecule has 0 radical (unpaired) electrons. The van der Waals surface area contributed by atoms with E-state index in [1.54, 1.807) is 0 Å². The van der Waals surface area contributed by atoms with Crippen molar-refractivity contribution >= 4 is 5.91 Å². The molecule has 1 saturated heterocycles. The number of piperidine rings is 1. The van der Waals surface area contributed by atoms with Crippen LogP contribution in [0, 0.1) is 0 Å². The Labute approximate surface area is 165 Å². The van der Waals surface area contributed by atoms with Crippen LogP contribution in [-0.4, -0.2) is 50.6 Å². The summed E-state index contributed by atoms with van der Waals surface area (Å²) >= 11 is 0. The molecule has 2 aromatic rings. The van der Waals surface area contributed by atoms with Gasteiger partial charge in [-0.05, 0) is 38.5 Å². The van der Waals surface area contributed by atoms with E-state index in [0.717, 1.165) is 69.5 Å². The van der Waals surface area contributed by atoms with E-state index < -0.39 is 0 Å². The van der Waals surface area contributed by atoms with E-state index in [9.17, 15) is 4.79 Å². The number of hydrogen-bond donors (Lipinski definition) is 2. The lowest BCUT2D eigenvalue weighted by molar-refractivity contribution is 0.0697. The molecule has 1 amide bonds. The fraction of sp³-hybridized carbons (Fsp3) is 0.619. The fourth-order valence-electron chi connectivity index (χ4n) is 4.80. The van der Waals surface area contributed by atoms with Crippen molar-refractivity contribution in [2.24, 2.45) is 0 Å². The average Bonchev–Trinajstić information content (AvgIpc) is 3.01. The molecule has 3 aliphatic rings. The standard InChI is InChI=1S/C21H28N6O/c28-21(19-16-6-2-1-3-7-18(16)25-26-19)27-10-4-5-14(13-27)20-23-12-15-11-22-9-8-17(15)24-20/h12,14,22H,1-11,13H2,(H,25,26). The van der Waals surface area contributed by atoms with Crippen LogP contribution < -0.4 is 5.32 Å². The number of nitrogens with zero attached hydrogens (tertiary/aromatic N) is 4. The van der Waals surface area contributed by atoms with Crippen LogP contribution in [0.3, 0.4) is 0 Å². The van der Waals surface area contributed by atoms with Crippen LogP contribution in [0.5, 0.6) is 0 Å². The molecule has 0 saturated carbocycles. The maximum atomic E-state index is 13.2. The zero-order valence-electron chi connectivity index (χ0n) is 16.3. The zero-order valence-corrected chi connectivity index (χ0v) is 16.3. The van der Waals surface area contributed by atoms with E-state index in [-0.39, 0.29) is 11.8 Å². The molecule has 1 atom stereocenters. The molecule has 28 heavy (non-hydrogen) atoms. The van der Waals surface area contributed by atoms with E-state index in [0.29, 0.717) is 12.2 Å². The number of amides is 1. The highest BCUT2D eigenvalue weighted by molar-refractivity contribution is 5.94. The molecule has 7 heteroatoms. The topological polar surface area (TPSA) is 86.8 Å². The quantitative estimate of drug-likeness (QED) is 0.780. The average molecular weight is 380 g/mol. The van der Waals surface area contributed by atoms with E-state index in [4.69, 9.17) is 4.98 Å². The lowest BCUT2D eigenvalue weighted by atomic mass is 9.95. The molecule has 0 spiro atoms. The van der Waals surface area contributed by atoms with Crippen molar-refractivity contribution < 1.29 is 4.79 Å². The van der Waals surface area contributed by atoms with Gasteiger partial charge in [0.2, 0.25) is 0 Å². The first-order chi connectivity index (χ1) is 13.8. The molecule has 2 aliphatic heterocycles.